The number of rotatable bonds is 4. The number of hydrogen-bond acceptors (Lipinski definition) is 3. The second-order valence-electron chi connectivity index (χ2n) is 7.41. The van der Waals surface area contributed by atoms with Gasteiger partial charge >= 0.3 is 6.18 Å². The molecule has 8 heteroatoms. The van der Waals surface area contributed by atoms with Crippen molar-refractivity contribution in [1.82, 2.24) is 9.97 Å². The minimum absolute atomic E-state index is 0.169. The standard InChI is InChI=1S/C22H19F3N4O/c1-11(2)27-14-6-7-15-18(9-14)29-20-16(21(26)30)10-17(28-19(15)20)12-4-3-5-13(8-12)22(23,24)25/h3-11,27,29H,1-2H3,(H2,26,30). The molecule has 0 saturated heterocycles. The van der Waals surface area contributed by atoms with Gasteiger partial charge in [0, 0.05) is 22.7 Å². The summed E-state index contributed by atoms with van der Waals surface area (Å²) in [6.45, 7) is 4.03. The lowest BCUT2D eigenvalue weighted by Gasteiger charge is -2.10. The largest absolute Gasteiger partial charge is 0.416 e. The van der Waals surface area contributed by atoms with E-state index in [9.17, 15) is 18.0 Å². The van der Waals surface area contributed by atoms with E-state index in [1.165, 1.54) is 18.2 Å². The quantitative estimate of drug-likeness (QED) is 0.424. The van der Waals surface area contributed by atoms with Crippen molar-refractivity contribution >= 4 is 33.5 Å². The van der Waals surface area contributed by atoms with E-state index < -0.39 is 17.6 Å². The van der Waals surface area contributed by atoms with Gasteiger partial charge in [0.05, 0.1) is 33.4 Å². The Labute approximate surface area is 170 Å². The van der Waals surface area contributed by atoms with Crippen molar-refractivity contribution in [2.24, 2.45) is 5.73 Å². The van der Waals surface area contributed by atoms with Gasteiger partial charge in [-0.25, -0.2) is 4.98 Å². The third kappa shape index (κ3) is 3.56. The first-order chi connectivity index (χ1) is 14.1. The number of carbonyl (C=O) groups is 1. The summed E-state index contributed by atoms with van der Waals surface area (Å²) in [7, 11) is 0. The van der Waals surface area contributed by atoms with Crippen molar-refractivity contribution in [3.8, 4) is 11.3 Å². The monoisotopic (exact) mass is 412 g/mol. The van der Waals surface area contributed by atoms with Gasteiger partial charge in [-0.1, -0.05) is 12.1 Å². The number of aromatic amines is 1. The van der Waals surface area contributed by atoms with E-state index in [-0.39, 0.29) is 22.9 Å². The molecule has 4 aromatic rings. The molecular weight excluding hydrogens is 393 g/mol. The van der Waals surface area contributed by atoms with Gasteiger partial charge in [-0.15, -0.1) is 0 Å². The van der Waals surface area contributed by atoms with E-state index in [1.54, 1.807) is 0 Å². The summed E-state index contributed by atoms with van der Waals surface area (Å²) < 4.78 is 39.4. The Hall–Kier alpha value is -3.55. The van der Waals surface area contributed by atoms with Crippen LogP contribution >= 0.6 is 0 Å². The van der Waals surface area contributed by atoms with E-state index in [2.05, 4.69) is 15.3 Å². The Morgan fingerprint density at radius 2 is 1.90 bits per heavy atom. The van der Waals surface area contributed by atoms with E-state index in [1.807, 2.05) is 32.0 Å². The predicted octanol–water partition coefficient (Wildman–Crippen LogP) is 5.32. The molecular formula is C22H19F3N4O. The van der Waals surface area contributed by atoms with Crippen LogP contribution in [0.25, 0.3) is 33.2 Å². The van der Waals surface area contributed by atoms with Gasteiger partial charge < -0.3 is 16.0 Å². The second-order valence-corrected chi connectivity index (χ2v) is 7.41. The molecule has 4 rings (SSSR count). The molecule has 0 saturated carbocycles. The average Bonchev–Trinajstić information content (AvgIpc) is 3.03. The number of halogens is 3. The van der Waals surface area contributed by atoms with Gasteiger partial charge in [-0.3, -0.25) is 4.79 Å². The third-order valence-electron chi connectivity index (χ3n) is 4.76. The SMILES string of the molecule is CC(C)Nc1ccc2c(c1)[nH]c1c(C(N)=O)cc(-c3cccc(C(F)(F)F)c3)nc12. The van der Waals surface area contributed by atoms with Gasteiger partial charge in [-0.05, 0) is 50.2 Å². The third-order valence-corrected chi connectivity index (χ3v) is 4.76. The molecule has 154 valence electrons. The van der Waals surface area contributed by atoms with E-state index >= 15 is 0 Å². The molecule has 0 bridgehead atoms. The molecule has 0 unspecified atom stereocenters. The maximum Gasteiger partial charge on any atom is 0.416 e. The van der Waals surface area contributed by atoms with Gasteiger partial charge in [0.1, 0.15) is 0 Å². The number of anilines is 1. The zero-order chi connectivity index (χ0) is 21.6. The molecule has 0 aliphatic heterocycles. The van der Waals surface area contributed by atoms with Crippen molar-refractivity contribution < 1.29 is 18.0 Å². The molecule has 5 nitrogen and oxygen atoms in total. The van der Waals surface area contributed by atoms with E-state index in [4.69, 9.17) is 5.73 Å². The number of fused-ring (bicyclic) bond motifs is 3. The molecule has 30 heavy (non-hydrogen) atoms. The van der Waals surface area contributed by atoms with Crippen molar-refractivity contribution in [3.63, 3.8) is 0 Å². The number of benzene rings is 2. The molecule has 0 aliphatic rings. The maximum atomic E-state index is 13.1. The second kappa shape index (κ2) is 7.05. The Morgan fingerprint density at radius 1 is 1.13 bits per heavy atom. The Kier molecular flexibility index (Phi) is 4.64. The summed E-state index contributed by atoms with van der Waals surface area (Å²) in [4.78, 5) is 19.8. The van der Waals surface area contributed by atoms with Crippen LogP contribution in [0, 0.1) is 0 Å². The van der Waals surface area contributed by atoms with Gasteiger partial charge in [0.25, 0.3) is 5.91 Å². The highest BCUT2D eigenvalue weighted by Gasteiger charge is 2.30. The fourth-order valence-corrected chi connectivity index (χ4v) is 3.48. The van der Waals surface area contributed by atoms with Crippen LogP contribution in [-0.2, 0) is 6.18 Å². The fourth-order valence-electron chi connectivity index (χ4n) is 3.48. The van der Waals surface area contributed by atoms with Crippen molar-refractivity contribution in [3.05, 3.63) is 59.7 Å². The van der Waals surface area contributed by atoms with Crippen LogP contribution in [0.3, 0.4) is 0 Å². The van der Waals surface area contributed by atoms with E-state index in [0.717, 1.165) is 28.7 Å². The normalized spacial score (nSPS) is 12.1. The number of amides is 1. The summed E-state index contributed by atoms with van der Waals surface area (Å²) >= 11 is 0. The molecule has 0 radical (unpaired) electrons. The van der Waals surface area contributed by atoms with Gasteiger partial charge in [0.15, 0.2) is 0 Å². The minimum atomic E-state index is -4.48. The number of nitrogens with two attached hydrogens (primary N) is 1. The molecule has 2 aromatic carbocycles. The zero-order valence-corrected chi connectivity index (χ0v) is 16.3. The number of hydrogen-bond donors (Lipinski definition) is 3. The highest BCUT2D eigenvalue weighted by Crippen LogP contribution is 2.34. The van der Waals surface area contributed by atoms with E-state index in [0.29, 0.717) is 11.0 Å². The fraction of sp³-hybridized carbons (Fsp3) is 0.182. The van der Waals surface area contributed by atoms with Crippen LogP contribution in [0.2, 0.25) is 0 Å². The number of alkyl halides is 3. The topological polar surface area (TPSA) is 83.8 Å². The Morgan fingerprint density at radius 3 is 2.57 bits per heavy atom. The molecule has 2 heterocycles. The Bertz CT molecular complexity index is 1270. The van der Waals surface area contributed by atoms with Crippen LogP contribution in [0.1, 0.15) is 29.8 Å². The van der Waals surface area contributed by atoms with Crippen molar-refractivity contribution in [2.45, 2.75) is 26.1 Å². The maximum absolute atomic E-state index is 13.1. The number of carbonyl (C=O) groups excluding carboxylic acids is 1. The van der Waals surface area contributed by atoms with Crippen molar-refractivity contribution in [1.29, 1.82) is 0 Å². The minimum Gasteiger partial charge on any atom is -0.383 e. The summed E-state index contributed by atoms with van der Waals surface area (Å²) in [5.41, 5.74) is 8.01. The summed E-state index contributed by atoms with van der Waals surface area (Å²) in [5.74, 6) is -0.692. The molecule has 1 amide bonds. The number of pyridine rings is 1. The van der Waals surface area contributed by atoms with Crippen LogP contribution in [0.15, 0.2) is 48.5 Å². The van der Waals surface area contributed by atoms with Crippen LogP contribution < -0.4 is 11.1 Å². The number of H-pyrrole nitrogens is 1. The molecule has 0 fully saturated rings. The van der Waals surface area contributed by atoms with Crippen LogP contribution in [-0.4, -0.2) is 21.9 Å². The highest BCUT2D eigenvalue weighted by molar-refractivity contribution is 6.14. The van der Waals surface area contributed by atoms with Crippen molar-refractivity contribution in [2.75, 3.05) is 5.32 Å². The summed E-state index contributed by atoms with van der Waals surface area (Å²) in [6.07, 6.45) is -4.48. The molecule has 2 aromatic heterocycles. The molecule has 4 N–H and O–H groups in total. The van der Waals surface area contributed by atoms with Gasteiger partial charge in [0.2, 0.25) is 0 Å². The summed E-state index contributed by atoms with van der Waals surface area (Å²) in [6, 6.07) is 12.1. The molecule has 0 spiro atoms. The average molecular weight is 412 g/mol. The lowest BCUT2D eigenvalue weighted by Crippen LogP contribution is -2.12. The number of aromatic nitrogens is 2. The smallest absolute Gasteiger partial charge is 0.383 e. The number of nitrogens with zero attached hydrogens (tertiary/aromatic N) is 1. The van der Waals surface area contributed by atoms with Crippen LogP contribution in [0.4, 0.5) is 18.9 Å². The summed E-state index contributed by atoms with van der Waals surface area (Å²) in [5, 5.41) is 4.04. The lowest BCUT2D eigenvalue weighted by atomic mass is 10.0. The first kappa shape index (κ1) is 19.8. The first-order valence-electron chi connectivity index (χ1n) is 9.34. The first-order valence-corrected chi connectivity index (χ1v) is 9.34. The predicted molar refractivity (Wildman–Crippen MR) is 111 cm³/mol. The van der Waals surface area contributed by atoms with Crippen LogP contribution in [0.5, 0.6) is 0 Å². The molecule has 0 aliphatic carbocycles. The zero-order valence-electron chi connectivity index (χ0n) is 16.3. The van der Waals surface area contributed by atoms with Gasteiger partial charge in [-0.2, -0.15) is 13.2 Å². The highest BCUT2D eigenvalue weighted by atomic mass is 19.4. The number of nitrogens with one attached hydrogen (secondary N) is 2. The molecule has 0 atom stereocenters. The number of primary amides is 1. The lowest BCUT2D eigenvalue weighted by molar-refractivity contribution is -0.137. The Balaban J connectivity index is 1.94.